The van der Waals surface area contributed by atoms with Crippen LogP contribution >= 0.6 is 0 Å². The minimum Gasteiger partial charge on any atom is -0.387 e. The van der Waals surface area contributed by atoms with Gasteiger partial charge in [0.1, 0.15) is 0 Å². The Morgan fingerprint density at radius 1 is 1.20 bits per heavy atom. The molecule has 1 unspecified atom stereocenters. The molecule has 0 aromatic heterocycles. The first kappa shape index (κ1) is 13.0. The Kier molecular flexibility index (Phi) is 5.07. The summed E-state index contributed by atoms with van der Waals surface area (Å²) in [5, 5.41) is 10.5. The van der Waals surface area contributed by atoms with E-state index >= 15 is 0 Å². The Labute approximate surface area is 94.0 Å². The quantitative estimate of drug-likeness (QED) is 0.762. The first-order valence-electron chi connectivity index (χ1n) is 6.37. The number of rotatable bonds is 5. The molecule has 1 rings (SSSR count). The van der Waals surface area contributed by atoms with Crippen LogP contribution in [-0.2, 0) is 4.74 Å². The average molecular weight is 214 g/mol. The Morgan fingerprint density at radius 3 is 2.20 bits per heavy atom. The second-order valence-corrected chi connectivity index (χ2v) is 5.02. The lowest BCUT2D eigenvalue weighted by Gasteiger charge is -2.39. The number of ether oxygens (including phenoxy) is 1. The van der Waals surface area contributed by atoms with Crippen LogP contribution in [0.1, 0.15) is 52.4 Å². The summed E-state index contributed by atoms with van der Waals surface area (Å²) < 4.78 is 5.15. The van der Waals surface area contributed by atoms with E-state index in [2.05, 4.69) is 13.8 Å². The molecule has 2 nitrogen and oxygen atoms in total. The van der Waals surface area contributed by atoms with E-state index in [0.717, 1.165) is 12.3 Å². The van der Waals surface area contributed by atoms with Crippen LogP contribution in [0.15, 0.2) is 0 Å². The van der Waals surface area contributed by atoms with Crippen molar-refractivity contribution >= 4 is 0 Å². The molecule has 90 valence electrons. The third-order valence-corrected chi connectivity index (χ3v) is 4.19. The van der Waals surface area contributed by atoms with Crippen molar-refractivity contribution in [3.63, 3.8) is 0 Å². The molecule has 0 aromatic carbocycles. The molecule has 1 saturated carbocycles. The van der Waals surface area contributed by atoms with Gasteiger partial charge in [0.25, 0.3) is 0 Å². The van der Waals surface area contributed by atoms with Crippen molar-refractivity contribution < 1.29 is 9.84 Å². The number of hydrogen-bond acceptors (Lipinski definition) is 2. The zero-order chi connectivity index (χ0) is 11.3. The predicted octanol–water partition coefficient (Wildman–Crippen LogP) is 2.99. The van der Waals surface area contributed by atoms with Gasteiger partial charge in [0.15, 0.2) is 0 Å². The second kappa shape index (κ2) is 5.86. The maximum absolute atomic E-state index is 10.5. The molecule has 0 saturated heterocycles. The summed E-state index contributed by atoms with van der Waals surface area (Å²) in [5.74, 6) is 1.34. The molecule has 0 bridgehead atoms. The van der Waals surface area contributed by atoms with Crippen LogP contribution in [0.2, 0.25) is 0 Å². The van der Waals surface area contributed by atoms with Crippen LogP contribution in [0.5, 0.6) is 0 Å². The fraction of sp³-hybridized carbons (Fsp3) is 1.00. The lowest BCUT2D eigenvalue weighted by molar-refractivity contribution is -0.0893. The third kappa shape index (κ3) is 3.18. The topological polar surface area (TPSA) is 29.5 Å². The molecular weight excluding hydrogens is 188 g/mol. The van der Waals surface area contributed by atoms with Gasteiger partial charge in [-0.1, -0.05) is 33.1 Å². The predicted molar refractivity (Wildman–Crippen MR) is 62.9 cm³/mol. The summed E-state index contributed by atoms with van der Waals surface area (Å²) in [6.07, 6.45) is 7.02. The number of aliphatic hydroxyl groups is 1. The van der Waals surface area contributed by atoms with Crippen molar-refractivity contribution in [2.24, 2.45) is 11.8 Å². The Balaban J connectivity index is 2.49. The van der Waals surface area contributed by atoms with Crippen molar-refractivity contribution in [3.8, 4) is 0 Å². The molecule has 1 aliphatic rings. The van der Waals surface area contributed by atoms with Crippen molar-refractivity contribution in [2.75, 3.05) is 13.7 Å². The van der Waals surface area contributed by atoms with Gasteiger partial charge < -0.3 is 9.84 Å². The minimum absolute atomic E-state index is 0.449. The summed E-state index contributed by atoms with van der Waals surface area (Å²) in [7, 11) is 1.68. The van der Waals surface area contributed by atoms with Crippen molar-refractivity contribution in [1.29, 1.82) is 0 Å². The molecule has 1 aliphatic carbocycles. The molecule has 2 heteroatoms. The van der Waals surface area contributed by atoms with Crippen LogP contribution in [0.4, 0.5) is 0 Å². The van der Waals surface area contributed by atoms with E-state index in [4.69, 9.17) is 4.74 Å². The molecule has 0 spiro atoms. The first-order valence-corrected chi connectivity index (χ1v) is 6.37. The van der Waals surface area contributed by atoms with E-state index in [1.165, 1.54) is 32.1 Å². The lowest BCUT2D eigenvalue weighted by atomic mass is 9.72. The van der Waals surface area contributed by atoms with Gasteiger partial charge in [0.2, 0.25) is 0 Å². The highest BCUT2D eigenvalue weighted by molar-refractivity contribution is 4.88. The highest BCUT2D eigenvalue weighted by atomic mass is 16.5. The summed E-state index contributed by atoms with van der Waals surface area (Å²) in [6, 6.07) is 0. The lowest BCUT2D eigenvalue weighted by Crippen LogP contribution is -2.43. The zero-order valence-electron chi connectivity index (χ0n) is 10.5. The molecule has 0 amide bonds. The van der Waals surface area contributed by atoms with Crippen molar-refractivity contribution in [3.05, 3.63) is 0 Å². The third-order valence-electron chi connectivity index (χ3n) is 4.19. The molecule has 1 fully saturated rings. The highest BCUT2D eigenvalue weighted by Crippen LogP contribution is 2.38. The minimum atomic E-state index is -0.576. The molecule has 0 heterocycles. The largest absolute Gasteiger partial charge is 0.387 e. The number of hydrogen-bond donors (Lipinski definition) is 1. The smallest absolute Gasteiger partial charge is 0.0905 e. The van der Waals surface area contributed by atoms with E-state index < -0.39 is 5.60 Å². The van der Waals surface area contributed by atoms with Gasteiger partial charge in [0.05, 0.1) is 12.2 Å². The maximum atomic E-state index is 10.5. The van der Waals surface area contributed by atoms with Crippen LogP contribution in [0.3, 0.4) is 0 Å². The van der Waals surface area contributed by atoms with E-state index in [-0.39, 0.29) is 0 Å². The fourth-order valence-electron chi connectivity index (χ4n) is 2.87. The van der Waals surface area contributed by atoms with E-state index in [1.54, 1.807) is 7.11 Å². The Bertz CT molecular complexity index is 173. The van der Waals surface area contributed by atoms with E-state index in [0.29, 0.717) is 12.5 Å². The van der Waals surface area contributed by atoms with Gasteiger partial charge in [0, 0.05) is 7.11 Å². The Hall–Kier alpha value is -0.0800. The van der Waals surface area contributed by atoms with Crippen LogP contribution in [0.25, 0.3) is 0 Å². The molecule has 0 aromatic rings. The van der Waals surface area contributed by atoms with Crippen molar-refractivity contribution in [2.45, 2.75) is 58.0 Å². The number of methoxy groups -OCH3 is 1. The second-order valence-electron chi connectivity index (χ2n) is 5.02. The monoisotopic (exact) mass is 214 g/mol. The van der Waals surface area contributed by atoms with E-state index in [1.807, 2.05) is 0 Å². The first-order chi connectivity index (χ1) is 7.16. The SMILES string of the molecule is CCC1CCC(C(O)(CC)COC)CC1. The molecular formula is C13H26O2. The van der Waals surface area contributed by atoms with Gasteiger partial charge >= 0.3 is 0 Å². The molecule has 15 heavy (non-hydrogen) atoms. The average Bonchev–Trinajstić information content (AvgIpc) is 2.29. The van der Waals surface area contributed by atoms with E-state index in [9.17, 15) is 5.11 Å². The molecule has 1 N–H and O–H groups in total. The fourth-order valence-corrected chi connectivity index (χ4v) is 2.87. The van der Waals surface area contributed by atoms with Crippen LogP contribution in [0, 0.1) is 11.8 Å². The van der Waals surface area contributed by atoms with Gasteiger partial charge in [-0.05, 0) is 31.1 Å². The maximum Gasteiger partial charge on any atom is 0.0905 e. The van der Waals surface area contributed by atoms with Crippen LogP contribution in [-0.4, -0.2) is 24.4 Å². The van der Waals surface area contributed by atoms with Gasteiger partial charge in [-0.3, -0.25) is 0 Å². The zero-order valence-corrected chi connectivity index (χ0v) is 10.5. The van der Waals surface area contributed by atoms with Gasteiger partial charge in [-0.25, -0.2) is 0 Å². The van der Waals surface area contributed by atoms with Crippen molar-refractivity contribution in [1.82, 2.24) is 0 Å². The van der Waals surface area contributed by atoms with Gasteiger partial charge in [-0.2, -0.15) is 0 Å². The standard InChI is InChI=1S/C13H26O2/c1-4-11-6-8-12(9-7-11)13(14,5-2)10-15-3/h11-12,14H,4-10H2,1-3H3. The summed E-state index contributed by atoms with van der Waals surface area (Å²) in [5.41, 5.74) is -0.576. The summed E-state index contributed by atoms with van der Waals surface area (Å²) in [6.45, 7) is 4.82. The van der Waals surface area contributed by atoms with Crippen LogP contribution < -0.4 is 0 Å². The Morgan fingerprint density at radius 2 is 1.80 bits per heavy atom. The highest BCUT2D eigenvalue weighted by Gasteiger charge is 2.37. The molecule has 1 atom stereocenters. The van der Waals surface area contributed by atoms with Gasteiger partial charge in [-0.15, -0.1) is 0 Å². The summed E-state index contributed by atoms with van der Waals surface area (Å²) in [4.78, 5) is 0. The summed E-state index contributed by atoms with van der Waals surface area (Å²) >= 11 is 0. The molecule has 0 radical (unpaired) electrons. The normalized spacial score (nSPS) is 31.2. The molecule has 0 aliphatic heterocycles.